The molecule has 0 aliphatic carbocycles. The zero-order valence-electron chi connectivity index (χ0n) is 16.8. The minimum atomic E-state index is -0.465. The van der Waals surface area contributed by atoms with Crippen molar-refractivity contribution >= 4 is 23.2 Å². The molecule has 1 N–H and O–H groups in total. The van der Waals surface area contributed by atoms with Crippen LogP contribution in [0, 0.1) is 0 Å². The van der Waals surface area contributed by atoms with Crippen molar-refractivity contribution in [1.82, 2.24) is 10.3 Å². The zero-order valence-corrected chi connectivity index (χ0v) is 17.5. The topological polar surface area (TPSA) is 44.7 Å². The van der Waals surface area contributed by atoms with Crippen LogP contribution >= 0.6 is 11.6 Å². The number of nitrogens with zero attached hydrogens (tertiary/aromatic N) is 2. The van der Waals surface area contributed by atoms with Gasteiger partial charge in [0.05, 0.1) is 11.6 Å². The molecule has 0 aromatic heterocycles. The van der Waals surface area contributed by atoms with E-state index in [1.165, 1.54) is 0 Å². The number of nitrogens with one attached hydrogen (secondary N) is 1. The van der Waals surface area contributed by atoms with Crippen molar-refractivity contribution in [2.75, 3.05) is 6.54 Å². The van der Waals surface area contributed by atoms with Crippen LogP contribution in [-0.4, -0.2) is 23.2 Å². The quantitative estimate of drug-likeness (QED) is 0.689. The maximum atomic E-state index is 13.0. The van der Waals surface area contributed by atoms with Gasteiger partial charge in [-0.05, 0) is 43.5 Å². The van der Waals surface area contributed by atoms with E-state index in [9.17, 15) is 4.79 Å². The Balaban J connectivity index is 1.77. The smallest absolute Gasteiger partial charge is 0.268 e. The molecular formula is C23H28ClN3O. The van der Waals surface area contributed by atoms with Crippen LogP contribution in [0.4, 0.5) is 0 Å². The van der Waals surface area contributed by atoms with Crippen molar-refractivity contribution in [3.63, 3.8) is 0 Å². The van der Waals surface area contributed by atoms with Crippen LogP contribution < -0.4 is 5.32 Å². The van der Waals surface area contributed by atoms with E-state index in [1.54, 1.807) is 0 Å². The summed E-state index contributed by atoms with van der Waals surface area (Å²) in [6.45, 7) is 7.03. The van der Waals surface area contributed by atoms with Gasteiger partial charge in [-0.1, -0.05) is 67.4 Å². The minimum absolute atomic E-state index is 0.0735. The van der Waals surface area contributed by atoms with Crippen molar-refractivity contribution in [3.05, 3.63) is 70.7 Å². The predicted molar refractivity (Wildman–Crippen MR) is 115 cm³/mol. The van der Waals surface area contributed by atoms with E-state index < -0.39 is 5.54 Å². The lowest BCUT2D eigenvalue weighted by Gasteiger charge is -2.26. The van der Waals surface area contributed by atoms with Crippen LogP contribution in [0.25, 0.3) is 0 Å². The van der Waals surface area contributed by atoms with Gasteiger partial charge in [0, 0.05) is 18.0 Å². The first kappa shape index (κ1) is 20.4. The van der Waals surface area contributed by atoms with Gasteiger partial charge in [0.1, 0.15) is 5.71 Å². The summed E-state index contributed by atoms with van der Waals surface area (Å²) >= 11 is 6.04. The average molecular weight is 398 g/mol. The second kappa shape index (κ2) is 8.78. The van der Waals surface area contributed by atoms with Crippen molar-refractivity contribution < 1.29 is 4.79 Å². The lowest BCUT2D eigenvalue weighted by molar-refractivity contribution is -0.116. The number of rotatable bonds is 7. The first-order valence-corrected chi connectivity index (χ1v) is 10.3. The van der Waals surface area contributed by atoms with Crippen LogP contribution in [0.1, 0.15) is 57.2 Å². The van der Waals surface area contributed by atoms with Crippen molar-refractivity contribution in [1.29, 1.82) is 0 Å². The predicted octanol–water partition coefficient (Wildman–Crippen LogP) is 5.29. The van der Waals surface area contributed by atoms with Crippen molar-refractivity contribution in [2.24, 2.45) is 5.10 Å². The number of hydrazone groups is 1. The van der Waals surface area contributed by atoms with Gasteiger partial charge in [0.15, 0.2) is 0 Å². The van der Waals surface area contributed by atoms with Crippen molar-refractivity contribution in [2.45, 2.75) is 51.6 Å². The normalized spacial score (nSPS) is 16.8. The Morgan fingerprint density at radius 1 is 1.18 bits per heavy atom. The fourth-order valence-corrected chi connectivity index (χ4v) is 3.60. The lowest BCUT2D eigenvalue weighted by Crippen LogP contribution is -2.44. The third-order valence-electron chi connectivity index (χ3n) is 5.17. The van der Waals surface area contributed by atoms with Gasteiger partial charge >= 0.3 is 0 Å². The van der Waals surface area contributed by atoms with Crippen LogP contribution in [0.3, 0.4) is 0 Å². The molecule has 1 amide bonds. The Morgan fingerprint density at radius 2 is 1.86 bits per heavy atom. The van der Waals surface area contributed by atoms with Gasteiger partial charge in [0.25, 0.3) is 5.91 Å². The number of amides is 1. The Morgan fingerprint density at radius 3 is 2.50 bits per heavy atom. The highest BCUT2D eigenvalue weighted by atomic mass is 35.5. The second-order valence-corrected chi connectivity index (χ2v) is 8.22. The standard InChI is InChI=1S/C23H28ClN3O/c1-4-5-15-27-21(17-11-13-19(24)14-12-17)16-20(26-27)22(28)25-23(2,3)18-9-7-6-8-10-18/h6-14,21H,4-5,15-16H2,1-3H3,(H,25,28). The molecule has 1 unspecified atom stereocenters. The lowest BCUT2D eigenvalue weighted by atomic mass is 9.93. The molecule has 148 valence electrons. The first-order chi connectivity index (χ1) is 13.4. The van der Waals surface area contributed by atoms with Gasteiger partial charge in [0.2, 0.25) is 0 Å². The molecule has 5 heteroatoms. The molecule has 1 atom stereocenters. The Bertz CT molecular complexity index is 831. The number of carbonyl (C=O) groups is 1. The Hall–Kier alpha value is -2.33. The molecule has 4 nitrogen and oxygen atoms in total. The van der Waals surface area contributed by atoms with Gasteiger partial charge in [-0.15, -0.1) is 0 Å². The number of carbonyl (C=O) groups excluding carboxylic acids is 1. The highest BCUT2D eigenvalue weighted by molar-refractivity contribution is 6.39. The van der Waals surface area contributed by atoms with E-state index in [1.807, 2.05) is 68.4 Å². The molecule has 0 bridgehead atoms. The summed E-state index contributed by atoms with van der Waals surface area (Å²) in [6.07, 6.45) is 2.72. The number of hydrogen-bond acceptors (Lipinski definition) is 3. The molecule has 2 aromatic rings. The summed E-state index contributed by atoms with van der Waals surface area (Å²) in [5.74, 6) is -0.105. The van der Waals surface area contributed by atoms with Gasteiger partial charge in [-0.3, -0.25) is 9.80 Å². The van der Waals surface area contributed by atoms with E-state index in [0.717, 1.165) is 30.5 Å². The molecule has 0 saturated heterocycles. The summed E-state index contributed by atoms with van der Waals surface area (Å²) in [5, 5.41) is 10.6. The Labute approximate surface area is 172 Å². The molecular weight excluding hydrogens is 370 g/mol. The third-order valence-corrected chi connectivity index (χ3v) is 5.43. The molecule has 2 aromatic carbocycles. The summed E-state index contributed by atoms with van der Waals surface area (Å²) in [4.78, 5) is 13.0. The zero-order chi connectivity index (χ0) is 20.1. The number of unbranched alkanes of at least 4 members (excludes halogenated alkanes) is 1. The fourth-order valence-electron chi connectivity index (χ4n) is 3.48. The molecule has 0 fully saturated rings. The molecule has 0 saturated carbocycles. The summed E-state index contributed by atoms with van der Waals surface area (Å²) in [5.41, 5.74) is 2.32. The van der Waals surface area contributed by atoms with Crippen LogP contribution in [-0.2, 0) is 10.3 Å². The molecule has 3 rings (SSSR count). The Kier molecular flexibility index (Phi) is 6.40. The van der Waals surface area contributed by atoms with E-state index in [-0.39, 0.29) is 11.9 Å². The van der Waals surface area contributed by atoms with E-state index in [0.29, 0.717) is 17.2 Å². The van der Waals surface area contributed by atoms with Gasteiger partial charge in [-0.25, -0.2) is 0 Å². The maximum absolute atomic E-state index is 13.0. The fraction of sp³-hybridized carbons (Fsp3) is 0.391. The highest BCUT2D eigenvalue weighted by Gasteiger charge is 2.33. The molecule has 1 heterocycles. The van der Waals surface area contributed by atoms with Crippen LogP contribution in [0.15, 0.2) is 59.7 Å². The third kappa shape index (κ3) is 4.74. The van der Waals surface area contributed by atoms with Crippen LogP contribution in [0.5, 0.6) is 0 Å². The minimum Gasteiger partial charge on any atom is -0.342 e. The molecule has 1 aliphatic rings. The largest absolute Gasteiger partial charge is 0.342 e. The molecule has 0 radical (unpaired) electrons. The van der Waals surface area contributed by atoms with Gasteiger partial charge < -0.3 is 5.32 Å². The van der Waals surface area contributed by atoms with Crippen molar-refractivity contribution in [3.8, 4) is 0 Å². The van der Waals surface area contributed by atoms with Gasteiger partial charge in [-0.2, -0.15) is 5.10 Å². The SMILES string of the molecule is CCCCN1N=C(C(=O)NC(C)(C)c2ccccc2)CC1c1ccc(Cl)cc1. The monoisotopic (exact) mass is 397 g/mol. The summed E-state index contributed by atoms with van der Waals surface area (Å²) in [7, 11) is 0. The molecule has 1 aliphatic heterocycles. The number of hydrogen-bond donors (Lipinski definition) is 1. The summed E-state index contributed by atoms with van der Waals surface area (Å²) < 4.78 is 0. The second-order valence-electron chi connectivity index (χ2n) is 7.78. The molecule has 0 spiro atoms. The first-order valence-electron chi connectivity index (χ1n) is 9.88. The average Bonchev–Trinajstić information content (AvgIpc) is 3.12. The summed E-state index contributed by atoms with van der Waals surface area (Å²) in [6, 6.07) is 17.9. The highest BCUT2D eigenvalue weighted by Crippen LogP contribution is 2.32. The van der Waals surface area contributed by atoms with E-state index in [2.05, 4.69) is 22.4 Å². The van der Waals surface area contributed by atoms with Crippen LogP contribution in [0.2, 0.25) is 5.02 Å². The number of benzene rings is 2. The van der Waals surface area contributed by atoms with E-state index in [4.69, 9.17) is 11.6 Å². The van der Waals surface area contributed by atoms with E-state index >= 15 is 0 Å². The number of halogens is 1. The maximum Gasteiger partial charge on any atom is 0.268 e. The molecule has 28 heavy (non-hydrogen) atoms.